The second-order valence-electron chi connectivity index (χ2n) is 5.16. The van der Waals surface area contributed by atoms with Gasteiger partial charge in [-0.3, -0.25) is 4.79 Å². The van der Waals surface area contributed by atoms with Gasteiger partial charge in [-0.05, 0) is 49.3 Å². The molecule has 1 N–H and O–H groups in total. The van der Waals surface area contributed by atoms with E-state index in [2.05, 4.69) is 0 Å². The summed E-state index contributed by atoms with van der Waals surface area (Å²) in [5.41, 5.74) is 2.13. The van der Waals surface area contributed by atoms with Crippen molar-refractivity contribution in [3.05, 3.63) is 28.6 Å². The maximum Gasteiger partial charge on any atom is 0.306 e. The highest BCUT2D eigenvalue weighted by molar-refractivity contribution is 5.70. The normalized spacial score (nSPS) is 15.7. The first-order valence-electron chi connectivity index (χ1n) is 6.64. The van der Waals surface area contributed by atoms with E-state index in [0.717, 1.165) is 30.4 Å². The Hall–Kier alpha value is -1.58. The van der Waals surface area contributed by atoms with Crippen molar-refractivity contribution < 1.29 is 19.0 Å². The predicted molar refractivity (Wildman–Crippen MR) is 70.1 cm³/mol. The molecule has 1 aromatic carbocycles. The topological polar surface area (TPSA) is 46.5 Å². The van der Waals surface area contributed by atoms with Crippen molar-refractivity contribution in [3.8, 4) is 5.75 Å². The molecule has 1 aliphatic carbocycles. The van der Waals surface area contributed by atoms with Crippen molar-refractivity contribution in [2.75, 3.05) is 7.11 Å². The van der Waals surface area contributed by atoms with E-state index in [4.69, 9.17) is 9.84 Å². The molecule has 1 unspecified atom stereocenters. The third-order valence-electron chi connectivity index (χ3n) is 3.79. The molecule has 0 bridgehead atoms. The first kappa shape index (κ1) is 13.8. The van der Waals surface area contributed by atoms with Crippen LogP contribution in [0.5, 0.6) is 5.75 Å². The van der Waals surface area contributed by atoms with Crippen LogP contribution in [0.15, 0.2) is 6.07 Å². The number of rotatable bonds is 4. The molecule has 0 saturated carbocycles. The molecule has 0 fully saturated rings. The van der Waals surface area contributed by atoms with Crippen LogP contribution in [-0.2, 0) is 24.1 Å². The molecule has 1 aromatic rings. The lowest BCUT2D eigenvalue weighted by Crippen LogP contribution is -2.16. The van der Waals surface area contributed by atoms with E-state index in [0.29, 0.717) is 17.7 Å². The lowest BCUT2D eigenvalue weighted by Gasteiger charge is -2.22. The van der Waals surface area contributed by atoms with Gasteiger partial charge in [0, 0.05) is 5.56 Å². The summed E-state index contributed by atoms with van der Waals surface area (Å²) in [5.74, 6) is -1.04. The average Bonchev–Trinajstić information content (AvgIpc) is 2.41. The lowest BCUT2D eigenvalue weighted by molar-refractivity contribution is -0.141. The van der Waals surface area contributed by atoms with Crippen LogP contribution in [0.3, 0.4) is 0 Å². The van der Waals surface area contributed by atoms with Crippen molar-refractivity contribution in [2.24, 2.45) is 5.92 Å². The number of carboxylic acid groups (broad SMARTS) is 1. The zero-order chi connectivity index (χ0) is 14.0. The number of halogens is 1. The van der Waals surface area contributed by atoms with Gasteiger partial charge in [0.25, 0.3) is 0 Å². The highest BCUT2D eigenvalue weighted by atomic mass is 19.1. The smallest absolute Gasteiger partial charge is 0.306 e. The standard InChI is InChI=1S/C15H19FO3/c1-9(15(17)18)7-10-8-13(19-2)11-5-3-4-6-12(11)14(10)16/h8-9H,3-7H2,1-2H3,(H,17,18). The Labute approximate surface area is 112 Å². The Kier molecular flexibility index (Phi) is 4.08. The summed E-state index contributed by atoms with van der Waals surface area (Å²) in [5, 5.41) is 8.95. The van der Waals surface area contributed by atoms with Crippen LogP contribution in [0, 0.1) is 11.7 Å². The SMILES string of the molecule is COc1cc(CC(C)C(=O)O)c(F)c2c1CCCC2. The van der Waals surface area contributed by atoms with Crippen LogP contribution in [0.2, 0.25) is 0 Å². The summed E-state index contributed by atoms with van der Waals surface area (Å²) >= 11 is 0. The number of aliphatic carboxylic acids is 1. The Balaban J connectivity index is 2.42. The highest BCUT2D eigenvalue weighted by Gasteiger charge is 2.23. The number of methoxy groups -OCH3 is 1. The van der Waals surface area contributed by atoms with Crippen LogP contribution < -0.4 is 4.74 Å². The van der Waals surface area contributed by atoms with Crippen molar-refractivity contribution in [3.63, 3.8) is 0 Å². The fourth-order valence-electron chi connectivity index (χ4n) is 2.67. The average molecular weight is 266 g/mol. The van der Waals surface area contributed by atoms with Crippen LogP contribution in [0.1, 0.15) is 36.5 Å². The minimum Gasteiger partial charge on any atom is -0.496 e. The minimum atomic E-state index is -0.906. The number of ether oxygens (including phenoxy) is 1. The summed E-state index contributed by atoms with van der Waals surface area (Å²) in [6.07, 6.45) is 3.78. The molecule has 3 nitrogen and oxygen atoms in total. The van der Waals surface area contributed by atoms with Crippen molar-refractivity contribution in [1.29, 1.82) is 0 Å². The zero-order valence-electron chi connectivity index (χ0n) is 11.3. The van der Waals surface area contributed by atoms with Gasteiger partial charge in [0.05, 0.1) is 13.0 Å². The van der Waals surface area contributed by atoms with E-state index in [9.17, 15) is 9.18 Å². The van der Waals surface area contributed by atoms with Gasteiger partial charge >= 0.3 is 5.97 Å². The Morgan fingerprint density at radius 1 is 1.42 bits per heavy atom. The second-order valence-corrected chi connectivity index (χ2v) is 5.16. The molecule has 0 spiro atoms. The van der Waals surface area contributed by atoms with E-state index in [1.165, 1.54) is 0 Å². The van der Waals surface area contributed by atoms with Gasteiger partial charge in [0.15, 0.2) is 0 Å². The molecular weight excluding hydrogens is 247 g/mol. The summed E-state index contributed by atoms with van der Waals surface area (Å²) in [6, 6.07) is 1.67. The van der Waals surface area contributed by atoms with Gasteiger partial charge in [-0.25, -0.2) is 4.39 Å². The van der Waals surface area contributed by atoms with Gasteiger partial charge in [-0.2, -0.15) is 0 Å². The maximum atomic E-state index is 14.4. The minimum absolute atomic E-state index is 0.199. The first-order chi connectivity index (χ1) is 9.04. The molecule has 0 heterocycles. The van der Waals surface area contributed by atoms with Gasteiger partial charge in [-0.15, -0.1) is 0 Å². The van der Waals surface area contributed by atoms with Crippen LogP contribution in [0.25, 0.3) is 0 Å². The van der Waals surface area contributed by atoms with E-state index in [1.807, 2.05) is 0 Å². The number of hydrogen-bond donors (Lipinski definition) is 1. The third kappa shape index (κ3) is 2.72. The fourth-order valence-corrected chi connectivity index (χ4v) is 2.67. The van der Waals surface area contributed by atoms with Gasteiger partial charge in [0.2, 0.25) is 0 Å². The van der Waals surface area contributed by atoms with Crippen molar-refractivity contribution >= 4 is 5.97 Å². The Morgan fingerprint density at radius 3 is 2.63 bits per heavy atom. The monoisotopic (exact) mass is 266 g/mol. The Bertz CT molecular complexity index is 497. The van der Waals surface area contributed by atoms with E-state index in [-0.39, 0.29) is 12.2 Å². The summed E-state index contributed by atoms with van der Waals surface area (Å²) < 4.78 is 19.8. The molecule has 1 atom stereocenters. The van der Waals surface area contributed by atoms with Crippen LogP contribution >= 0.6 is 0 Å². The first-order valence-corrected chi connectivity index (χ1v) is 6.64. The number of fused-ring (bicyclic) bond motifs is 1. The van der Waals surface area contributed by atoms with Crippen molar-refractivity contribution in [1.82, 2.24) is 0 Å². The van der Waals surface area contributed by atoms with E-state index in [1.54, 1.807) is 20.1 Å². The highest BCUT2D eigenvalue weighted by Crippen LogP contribution is 2.34. The number of benzene rings is 1. The quantitative estimate of drug-likeness (QED) is 0.911. The maximum absolute atomic E-state index is 14.4. The van der Waals surface area contributed by atoms with E-state index >= 15 is 0 Å². The number of hydrogen-bond acceptors (Lipinski definition) is 2. The summed E-state index contributed by atoms with van der Waals surface area (Å²) in [6.45, 7) is 1.59. The zero-order valence-corrected chi connectivity index (χ0v) is 11.3. The third-order valence-corrected chi connectivity index (χ3v) is 3.79. The molecule has 1 aliphatic rings. The molecule has 2 rings (SSSR count). The molecule has 0 aliphatic heterocycles. The molecule has 0 saturated heterocycles. The molecule has 0 amide bonds. The van der Waals surface area contributed by atoms with Gasteiger partial charge in [-0.1, -0.05) is 6.92 Å². The Morgan fingerprint density at radius 2 is 2.05 bits per heavy atom. The van der Waals surface area contributed by atoms with Gasteiger partial charge < -0.3 is 9.84 Å². The van der Waals surface area contributed by atoms with Crippen LogP contribution in [-0.4, -0.2) is 18.2 Å². The molecule has 0 radical (unpaired) electrons. The number of carbonyl (C=O) groups is 1. The largest absolute Gasteiger partial charge is 0.496 e. The fraction of sp³-hybridized carbons (Fsp3) is 0.533. The second kappa shape index (κ2) is 5.59. The molecule has 104 valence electrons. The van der Waals surface area contributed by atoms with Crippen molar-refractivity contribution in [2.45, 2.75) is 39.0 Å². The van der Waals surface area contributed by atoms with Crippen LogP contribution in [0.4, 0.5) is 4.39 Å². The summed E-state index contributed by atoms with van der Waals surface area (Å²) in [7, 11) is 1.58. The van der Waals surface area contributed by atoms with Gasteiger partial charge in [0.1, 0.15) is 11.6 Å². The molecule has 19 heavy (non-hydrogen) atoms. The van der Waals surface area contributed by atoms with E-state index < -0.39 is 11.9 Å². The number of carboxylic acids is 1. The summed E-state index contributed by atoms with van der Waals surface area (Å²) in [4.78, 5) is 10.9. The molecule has 0 aromatic heterocycles. The predicted octanol–water partition coefficient (Wildman–Crippen LogP) is 2.98. The molecular formula is C15H19FO3. The molecule has 4 heteroatoms. The lowest BCUT2D eigenvalue weighted by atomic mass is 9.87.